The zero-order chi connectivity index (χ0) is 22.4. The number of nitrogens with zero attached hydrogens (tertiary/aromatic N) is 3. The van der Waals surface area contributed by atoms with Crippen molar-refractivity contribution in [2.75, 3.05) is 0 Å². The summed E-state index contributed by atoms with van der Waals surface area (Å²) >= 11 is 6.09. The van der Waals surface area contributed by atoms with E-state index < -0.39 is 0 Å². The molecule has 0 spiro atoms. The third-order valence-corrected chi connectivity index (χ3v) is 6.14. The maximum atomic E-state index is 13.3. The first kappa shape index (κ1) is 21.6. The normalized spacial score (nSPS) is 14.5. The van der Waals surface area contributed by atoms with E-state index in [-0.39, 0.29) is 16.9 Å². The first-order valence-electron chi connectivity index (χ1n) is 10.7. The second-order valence-electron chi connectivity index (χ2n) is 10.0. The Balaban J connectivity index is 1.80. The van der Waals surface area contributed by atoms with Gasteiger partial charge in [-0.2, -0.15) is 0 Å². The van der Waals surface area contributed by atoms with Crippen LogP contribution in [0.2, 0.25) is 5.02 Å². The summed E-state index contributed by atoms with van der Waals surface area (Å²) in [4.78, 5) is 13.3. The molecule has 0 radical (unpaired) electrons. The molecule has 31 heavy (non-hydrogen) atoms. The molecule has 1 aliphatic carbocycles. The van der Waals surface area contributed by atoms with Crippen LogP contribution in [0.5, 0.6) is 0 Å². The molecule has 0 aliphatic heterocycles. The van der Waals surface area contributed by atoms with Crippen molar-refractivity contribution in [1.29, 1.82) is 0 Å². The highest BCUT2D eigenvalue weighted by atomic mass is 35.5. The Morgan fingerprint density at radius 1 is 1.03 bits per heavy atom. The Morgan fingerprint density at radius 2 is 1.71 bits per heavy atom. The average molecular weight is 437 g/mol. The first-order chi connectivity index (χ1) is 14.5. The number of hydrogen-bond acceptors (Lipinski definition) is 3. The van der Waals surface area contributed by atoms with E-state index in [1.165, 1.54) is 12.8 Å². The predicted octanol–water partition coefficient (Wildman–Crippen LogP) is 5.80. The third-order valence-electron chi connectivity index (χ3n) is 5.89. The number of aromatic nitrogens is 3. The fraction of sp³-hybridized carbons (Fsp3) is 0.400. The van der Waals surface area contributed by atoms with Gasteiger partial charge in [0, 0.05) is 27.2 Å². The second-order valence-corrected chi connectivity index (χ2v) is 10.4. The Bertz CT molecular complexity index is 1110. The van der Waals surface area contributed by atoms with Crippen LogP contribution in [0.15, 0.2) is 48.8 Å². The molecule has 1 aliphatic rings. The van der Waals surface area contributed by atoms with Crippen LogP contribution in [0.1, 0.15) is 63.6 Å². The number of halogens is 1. The van der Waals surface area contributed by atoms with Crippen LogP contribution in [-0.4, -0.2) is 26.2 Å². The molecule has 1 N–H and O–H groups in total. The summed E-state index contributed by atoms with van der Waals surface area (Å²) in [5.74, 6) is 1.31. The molecular formula is C25H29ClN4O. The van der Waals surface area contributed by atoms with Crippen LogP contribution in [0.25, 0.3) is 16.8 Å². The number of nitrogens with one attached hydrogen (secondary N) is 1. The minimum atomic E-state index is -0.222. The molecule has 2 aromatic carbocycles. The SMILES string of the molecule is CC(C)(C)c1nncn1-c1cc(C(=O)NC(C)(C)C2CC2)cc(-c2ccc(Cl)cc2)c1. The fourth-order valence-electron chi connectivity index (χ4n) is 3.90. The fourth-order valence-corrected chi connectivity index (χ4v) is 4.02. The Labute approximate surface area is 188 Å². The van der Waals surface area contributed by atoms with Gasteiger partial charge in [-0.3, -0.25) is 9.36 Å². The van der Waals surface area contributed by atoms with Crippen molar-refractivity contribution >= 4 is 17.5 Å². The van der Waals surface area contributed by atoms with Gasteiger partial charge in [0.05, 0.1) is 0 Å². The zero-order valence-corrected chi connectivity index (χ0v) is 19.5. The molecule has 5 nitrogen and oxygen atoms in total. The van der Waals surface area contributed by atoms with Crippen LogP contribution < -0.4 is 5.32 Å². The van der Waals surface area contributed by atoms with Crippen molar-refractivity contribution in [3.63, 3.8) is 0 Å². The molecule has 3 aromatic rings. The number of benzene rings is 2. The average Bonchev–Trinajstić information content (AvgIpc) is 3.44. The lowest BCUT2D eigenvalue weighted by atomic mass is 9.95. The largest absolute Gasteiger partial charge is 0.347 e. The van der Waals surface area contributed by atoms with Crippen molar-refractivity contribution in [3.8, 4) is 16.8 Å². The number of hydrogen-bond donors (Lipinski definition) is 1. The van der Waals surface area contributed by atoms with Crippen LogP contribution in [0.4, 0.5) is 0 Å². The Kier molecular flexibility index (Phi) is 5.42. The van der Waals surface area contributed by atoms with Gasteiger partial charge in [0.1, 0.15) is 12.2 Å². The first-order valence-corrected chi connectivity index (χ1v) is 11.1. The predicted molar refractivity (Wildman–Crippen MR) is 125 cm³/mol. The van der Waals surface area contributed by atoms with E-state index in [9.17, 15) is 4.79 Å². The van der Waals surface area contributed by atoms with Crippen molar-refractivity contribution < 1.29 is 4.79 Å². The second kappa shape index (κ2) is 7.79. The molecule has 0 atom stereocenters. The lowest BCUT2D eigenvalue weighted by Gasteiger charge is -2.26. The van der Waals surface area contributed by atoms with Gasteiger partial charge in [-0.15, -0.1) is 10.2 Å². The highest BCUT2D eigenvalue weighted by Crippen LogP contribution is 2.39. The summed E-state index contributed by atoms with van der Waals surface area (Å²) in [5, 5.41) is 12.4. The molecule has 0 unspecified atom stereocenters. The summed E-state index contributed by atoms with van der Waals surface area (Å²) < 4.78 is 1.96. The van der Waals surface area contributed by atoms with Crippen LogP contribution >= 0.6 is 11.6 Å². The van der Waals surface area contributed by atoms with Crippen molar-refractivity contribution in [3.05, 3.63) is 65.2 Å². The Morgan fingerprint density at radius 3 is 2.32 bits per heavy atom. The Hall–Kier alpha value is -2.66. The number of carbonyl (C=O) groups is 1. The van der Waals surface area contributed by atoms with Gasteiger partial charge >= 0.3 is 0 Å². The highest BCUT2D eigenvalue weighted by molar-refractivity contribution is 6.30. The van der Waals surface area contributed by atoms with Gasteiger partial charge in [0.15, 0.2) is 0 Å². The highest BCUT2D eigenvalue weighted by Gasteiger charge is 2.39. The van der Waals surface area contributed by atoms with Crippen LogP contribution in [0, 0.1) is 5.92 Å². The van der Waals surface area contributed by atoms with Gasteiger partial charge in [0.25, 0.3) is 5.91 Å². The van der Waals surface area contributed by atoms with Gasteiger partial charge in [-0.1, -0.05) is 44.5 Å². The molecule has 1 aromatic heterocycles. The van der Waals surface area contributed by atoms with Gasteiger partial charge in [-0.05, 0) is 74.1 Å². The van der Waals surface area contributed by atoms with Crippen LogP contribution in [0.3, 0.4) is 0 Å². The summed E-state index contributed by atoms with van der Waals surface area (Å²) in [6, 6.07) is 13.6. The molecule has 1 heterocycles. The number of amides is 1. The van der Waals surface area contributed by atoms with Crippen molar-refractivity contribution in [2.24, 2.45) is 5.92 Å². The lowest BCUT2D eigenvalue weighted by molar-refractivity contribution is 0.0903. The van der Waals surface area contributed by atoms with E-state index in [0.29, 0.717) is 16.5 Å². The monoisotopic (exact) mass is 436 g/mol. The molecule has 6 heteroatoms. The van der Waals surface area contributed by atoms with Crippen molar-refractivity contribution in [1.82, 2.24) is 20.1 Å². The molecule has 4 rings (SSSR count). The smallest absolute Gasteiger partial charge is 0.251 e. The summed E-state index contributed by atoms with van der Waals surface area (Å²) in [6.07, 6.45) is 4.04. The van der Waals surface area contributed by atoms with Crippen LogP contribution in [-0.2, 0) is 5.41 Å². The van der Waals surface area contributed by atoms with Gasteiger partial charge < -0.3 is 5.32 Å². The molecule has 0 saturated heterocycles. The van der Waals surface area contributed by atoms with E-state index >= 15 is 0 Å². The quantitative estimate of drug-likeness (QED) is 0.549. The van der Waals surface area contributed by atoms with Crippen molar-refractivity contribution in [2.45, 2.75) is 58.4 Å². The molecule has 1 saturated carbocycles. The van der Waals surface area contributed by atoms with E-state index in [1.807, 2.05) is 41.0 Å². The number of rotatable bonds is 5. The van der Waals surface area contributed by atoms with Gasteiger partial charge in [0.2, 0.25) is 0 Å². The summed E-state index contributed by atoms with van der Waals surface area (Å²) in [7, 11) is 0. The molecule has 1 fully saturated rings. The topological polar surface area (TPSA) is 59.8 Å². The maximum absolute atomic E-state index is 13.3. The number of carbonyl (C=O) groups excluding carboxylic acids is 1. The standard InChI is InChI=1S/C25H29ClN4O/c1-24(2,3)23-29-27-15-30(23)21-13-17(16-6-10-20(26)11-7-16)12-18(14-21)22(31)28-25(4,5)19-8-9-19/h6-7,10-15,19H,8-9H2,1-5H3,(H,28,31). The molecule has 162 valence electrons. The van der Waals surface area contributed by atoms with E-state index in [2.05, 4.69) is 56.2 Å². The van der Waals surface area contributed by atoms with E-state index in [1.54, 1.807) is 6.33 Å². The third kappa shape index (κ3) is 4.67. The summed E-state index contributed by atoms with van der Waals surface area (Å²) in [6.45, 7) is 10.5. The minimum Gasteiger partial charge on any atom is -0.347 e. The minimum absolute atomic E-state index is 0.0700. The van der Waals surface area contributed by atoms with E-state index in [0.717, 1.165) is 22.6 Å². The summed E-state index contributed by atoms with van der Waals surface area (Å²) in [5.41, 5.74) is 3.00. The van der Waals surface area contributed by atoms with E-state index in [4.69, 9.17) is 11.6 Å². The molecule has 0 bridgehead atoms. The van der Waals surface area contributed by atoms with Gasteiger partial charge in [-0.25, -0.2) is 0 Å². The molecular weight excluding hydrogens is 408 g/mol. The lowest BCUT2D eigenvalue weighted by Crippen LogP contribution is -2.45. The molecule has 1 amide bonds. The zero-order valence-electron chi connectivity index (χ0n) is 18.7. The maximum Gasteiger partial charge on any atom is 0.251 e.